The minimum Gasteiger partial charge on any atom is -0.481 e. The lowest BCUT2D eigenvalue weighted by Crippen LogP contribution is -1.93. The summed E-state index contributed by atoms with van der Waals surface area (Å²) in [5.41, 5.74) is 0. The molecule has 0 unspecified atom stereocenters. The molecule has 2 N–H and O–H groups in total. The number of carbonyl (C=O) groups is 2. The molecule has 0 radical (unpaired) electrons. The third-order valence-corrected chi connectivity index (χ3v) is 6.24. The molecule has 0 amide bonds. The van der Waals surface area contributed by atoms with Gasteiger partial charge in [-0.05, 0) is 12.8 Å². The summed E-state index contributed by atoms with van der Waals surface area (Å²) < 4.78 is 0. The Kier molecular flexibility index (Phi) is 32.0. The molecule has 198 valence electrons. The van der Waals surface area contributed by atoms with Gasteiger partial charge in [-0.3, -0.25) is 9.59 Å². The summed E-state index contributed by atoms with van der Waals surface area (Å²) in [5, 5.41) is 16.9. The fourth-order valence-corrected chi connectivity index (χ4v) is 4.06. The van der Waals surface area contributed by atoms with Crippen LogP contribution >= 0.6 is 0 Å². The van der Waals surface area contributed by atoms with Crippen LogP contribution in [0.4, 0.5) is 0 Å². The van der Waals surface area contributed by atoms with Crippen molar-refractivity contribution in [2.24, 2.45) is 0 Å². The molecule has 0 spiro atoms. The molecule has 0 aliphatic carbocycles. The molecular formula is C29H58O4. The zero-order valence-corrected chi connectivity index (χ0v) is 22.4. The van der Waals surface area contributed by atoms with Crippen LogP contribution in [0.3, 0.4) is 0 Å². The monoisotopic (exact) mass is 470 g/mol. The SMILES string of the molecule is CCCCCCCCCC(=O)O.CCCCCCCCCCCCCCCCCCC(=O)O. The first-order chi connectivity index (χ1) is 16.0. The van der Waals surface area contributed by atoms with Crippen molar-refractivity contribution < 1.29 is 19.8 Å². The zero-order chi connectivity index (χ0) is 24.8. The highest BCUT2D eigenvalue weighted by atomic mass is 16.4. The lowest BCUT2D eigenvalue weighted by molar-refractivity contribution is -0.138. The number of unbranched alkanes of at least 4 members (excludes halogenated alkanes) is 21. The second kappa shape index (κ2) is 30.9. The Balaban J connectivity index is 0. The fraction of sp³-hybridized carbons (Fsp3) is 0.931. The Morgan fingerprint density at radius 2 is 0.545 bits per heavy atom. The Morgan fingerprint density at radius 3 is 0.727 bits per heavy atom. The van der Waals surface area contributed by atoms with E-state index in [1.165, 1.54) is 122 Å². The van der Waals surface area contributed by atoms with Gasteiger partial charge in [0.05, 0.1) is 0 Å². The first kappa shape index (κ1) is 34.1. The molecule has 0 aliphatic rings. The minimum absolute atomic E-state index is 0.341. The van der Waals surface area contributed by atoms with Gasteiger partial charge in [-0.1, -0.05) is 149 Å². The Hall–Kier alpha value is -1.06. The van der Waals surface area contributed by atoms with Gasteiger partial charge in [0, 0.05) is 12.8 Å². The van der Waals surface area contributed by atoms with Gasteiger partial charge in [0.25, 0.3) is 0 Å². The Bertz CT molecular complexity index is 395. The van der Waals surface area contributed by atoms with E-state index in [1.807, 2.05) is 0 Å². The lowest BCUT2D eigenvalue weighted by atomic mass is 10.0. The van der Waals surface area contributed by atoms with Crippen LogP contribution in [0.2, 0.25) is 0 Å². The summed E-state index contributed by atoms with van der Waals surface area (Å²) in [6.07, 6.45) is 30.3. The molecule has 0 atom stereocenters. The molecule has 0 saturated heterocycles. The van der Waals surface area contributed by atoms with Crippen molar-refractivity contribution in [2.45, 2.75) is 174 Å². The van der Waals surface area contributed by atoms with E-state index >= 15 is 0 Å². The molecule has 0 bridgehead atoms. The summed E-state index contributed by atoms with van der Waals surface area (Å²) in [5.74, 6) is -1.32. The molecule has 0 saturated carbocycles. The average Bonchev–Trinajstić information content (AvgIpc) is 2.78. The van der Waals surface area contributed by atoms with Gasteiger partial charge in [-0.25, -0.2) is 0 Å². The van der Waals surface area contributed by atoms with Crippen LogP contribution in [-0.2, 0) is 9.59 Å². The topological polar surface area (TPSA) is 74.6 Å². The Morgan fingerprint density at radius 1 is 0.364 bits per heavy atom. The third kappa shape index (κ3) is 38.5. The summed E-state index contributed by atoms with van der Waals surface area (Å²) in [7, 11) is 0. The van der Waals surface area contributed by atoms with Gasteiger partial charge in [0.15, 0.2) is 0 Å². The van der Waals surface area contributed by atoms with E-state index in [0.717, 1.165) is 25.7 Å². The quantitative estimate of drug-likeness (QED) is 0.130. The maximum atomic E-state index is 10.3. The predicted molar refractivity (Wildman–Crippen MR) is 142 cm³/mol. The fourth-order valence-electron chi connectivity index (χ4n) is 4.06. The van der Waals surface area contributed by atoms with E-state index in [-0.39, 0.29) is 0 Å². The van der Waals surface area contributed by atoms with E-state index in [0.29, 0.717) is 12.8 Å². The second-order valence-corrected chi connectivity index (χ2v) is 9.71. The first-order valence-corrected chi connectivity index (χ1v) is 14.5. The van der Waals surface area contributed by atoms with Crippen molar-refractivity contribution in [1.82, 2.24) is 0 Å². The number of carboxylic acids is 2. The van der Waals surface area contributed by atoms with Crippen LogP contribution in [0.25, 0.3) is 0 Å². The van der Waals surface area contributed by atoms with Crippen LogP contribution in [0.15, 0.2) is 0 Å². The summed E-state index contributed by atoms with van der Waals surface area (Å²) >= 11 is 0. The molecule has 0 aromatic rings. The molecule has 33 heavy (non-hydrogen) atoms. The predicted octanol–water partition coefficient (Wildman–Crippen LogP) is 9.93. The summed E-state index contributed by atoms with van der Waals surface area (Å²) in [6.45, 7) is 4.47. The van der Waals surface area contributed by atoms with Crippen LogP contribution in [0.5, 0.6) is 0 Å². The smallest absolute Gasteiger partial charge is 0.303 e. The minimum atomic E-state index is -0.663. The largest absolute Gasteiger partial charge is 0.481 e. The van der Waals surface area contributed by atoms with Crippen molar-refractivity contribution in [2.75, 3.05) is 0 Å². The third-order valence-electron chi connectivity index (χ3n) is 6.24. The van der Waals surface area contributed by atoms with Crippen LogP contribution in [0.1, 0.15) is 174 Å². The van der Waals surface area contributed by atoms with Crippen molar-refractivity contribution in [3.05, 3.63) is 0 Å². The standard InChI is InChI=1S/C19H38O2.C10H20O2/c1-2-3-4-5-6-7-8-9-10-11-12-13-14-15-16-17-18-19(20)21;1-2-3-4-5-6-7-8-9-10(11)12/h2-18H2,1H3,(H,20,21);2-9H2,1H3,(H,11,12). The zero-order valence-electron chi connectivity index (χ0n) is 22.4. The summed E-state index contributed by atoms with van der Waals surface area (Å²) in [6, 6.07) is 0. The highest BCUT2D eigenvalue weighted by Gasteiger charge is 1.97. The van der Waals surface area contributed by atoms with E-state index in [9.17, 15) is 9.59 Å². The molecule has 0 aliphatic heterocycles. The van der Waals surface area contributed by atoms with E-state index in [1.54, 1.807) is 0 Å². The maximum absolute atomic E-state index is 10.3. The number of carboxylic acid groups (broad SMARTS) is 2. The molecule has 4 nitrogen and oxygen atoms in total. The van der Waals surface area contributed by atoms with Gasteiger partial charge in [-0.2, -0.15) is 0 Å². The van der Waals surface area contributed by atoms with E-state index < -0.39 is 11.9 Å². The van der Waals surface area contributed by atoms with Crippen molar-refractivity contribution in [3.63, 3.8) is 0 Å². The second-order valence-electron chi connectivity index (χ2n) is 9.71. The molecule has 0 aromatic carbocycles. The van der Waals surface area contributed by atoms with Gasteiger partial charge >= 0.3 is 11.9 Å². The van der Waals surface area contributed by atoms with Crippen LogP contribution in [-0.4, -0.2) is 22.2 Å². The Labute approximate surface area is 206 Å². The van der Waals surface area contributed by atoms with Crippen molar-refractivity contribution >= 4 is 11.9 Å². The maximum Gasteiger partial charge on any atom is 0.303 e. The van der Waals surface area contributed by atoms with E-state index in [4.69, 9.17) is 10.2 Å². The van der Waals surface area contributed by atoms with Crippen molar-refractivity contribution in [3.8, 4) is 0 Å². The number of rotatable bonds is 25. The van der Waals surface area contributed by atoms with Gasteiger partial charge in [0.1, 0.15) is 0 Å². The van der Waals surface area contributed by atoms with E-state index in [2.05, 4.69) is 13.8 Å². The van der Waals surface area contributed by atoms with Crippen LogP contribution in [0, 0.1) is 0 Å². The number of hydrogen-bond donors (Lipinski definition) is 2. The molecule has 0 heterocycles. The molecule has 0 aromatic heterocycles. The van der Waals surface area contributed by atoms with Crippen molar-refractivity contribution in [1.29, 1.82) is 0 Å². The number of aliphatic carboxylic acids is 2. The normalized spacial score (nSPS) is 10.6. The highest BCUT2D eigenvalue weighted by Crippen LogP contribution is 2.14. The molecule has 4 heteroatoms. The van der Waals surface area contributed by atoms with Gasteiger partial charge in [-0.15, -0.1) is 0 Å². The molecule has 0 fully saturated rings. The van der Waals surface area contributed by atoms with Gasteiger partial charge in [0.2, 0.25) is 0 Å². The molecule has 0 rings (SSSR count). The molecular weight excluding hydrogens is 412 g/mol. The number of hydrogen-bond acceptors (Lipinski definition) is 2. The average molecular weight is 471 g/mol. The highest BCUT2D eigenvalue weighted by molar-refractivity contribution is 5.66. The first-order valence-electron chi connectivity index (χ1n) is 14.5. The summed E-state index contributed by atoms with van der Waals surface area (Å²) in [4.78, 5) is 20.5. The van der Waals surface area contributed by atoms with Gasteiger partial charge < -0.3 is 10.2 Å². The van der Waals surface area contributed by atoms with Crippen LogP contribution < -0.4 is 0 Å². The lowest BCUT2D eigenvalue weighted by Gasteiger charge is -2.03.